The van der Waals surface area contributed by atoms with Gasteiger partial charge in [0, 0.05) is 35.4 Å². The summed E-state index contributed by atoms with van der Waals surface area (Å²) in [4.78, 5) is 16.2. The van der Waals surface area contributed by atoms with E-state index in [4.69, 9.17) is 23.2 Å². The smallest absolute Gasteiger partial charge is 0.321 e. The summed E-state index contributed by atoms with van der Waals surface area (Å²) in [5.74, 6) is 0. The SMILES string of the molecule is CN1CCCN(C(=O)Nc2cc(Cl)cc(Cl)c2)CC1. The fourth-order valence-corrected chi connectivity index (χ4v) is 2.60. The monoisotopic (exact) mass is 301 g/mol. The van der Waals surface area contributed by atoms with E-state index in [0.29, 0.717) is 15.7 Å². The van der Waals surface area contributed by atoms with Crippen LogP contribution in [0.3, 0.4) is 0 Å². The molecule has 1 aromatic rings. The number of rotatable bonds is 1. The van der Waals surface area contributed by atoms with E-state index in [1.54, 1.807) is 18.2 Å². The number of hydrogen-bond acceptors (Lipinski definition) is 2. The van der Waals surface area contributed by atoms with E-state index in [0.717, 1.165) is 32.6 Å². The molecule has 1 heterocycles. The molecular weight excluding hydrogens is 285 g/mol. The lowest BCUT2D eigenvalue weighted by Gasteiger charge is -2.21. The highest BCUT2D eigenvalue weighted by molar-refractivity contribution is 6.35. The van der Waals surface area contributed by atoms with Crippen LogP contribution in [-0.4, -0.2) is 49.1 Å². The van der Waals surface area contributed by atoms with Crippen molar-refractivity contribution in [3.63, 3.8) is 0 Å². The molecule has 19 heavy (non-hydrogen) atoms. The molecule has 0 atom stereocenters. The van der Waals surface area contributed by atoms with E-state index in [1.807, 2.05) is 4.90 Å². The van der Waals surface area contributed by atoms with Gasteiger partial charge in [-0.3, -0.25) is 0 Å². The predicted octanol–water partition coefficient (Wildman–Crippen LogP) is 3.16. The van der Waals surface area contributed by atoms with Crippen molar-refractivity contribution >= 4 is 34.9 Å². The highest BCUT2D eigenvalue weighted by Gasteiger charge is 2.17. The molecule has 2 amide bonds. The molecule has 1 fully saturated rings. The average Bonchev–Trinajstić information content (AvgIpc) is 2.52. The van der Waals surface area contributed by atoms with Crippen LogP contribution in [0.1, 0.15) is 6.42 Å². The van der Waals surface area contributed by atoms with E-state index in [2.05, 4.69) is 17.3 Å². The zero-order valence-electron chi connectivity index (χ0n) is 10.8. The normalized spacial score (nSPS) is 17.1. The summed E-state index contributed by atoms with van der Waals surface area (Å²) in [6.07, 6.45) is 0.986. The van der Waals surface area contributed by atoms with Gasteiger partial charge in [0.25, 0.3) is 0 Å². The van der Waals surface area contributed by atoms with Gasteiger partial charge in [0.2, 0.25) is 0 Å². The van der Waals surface area contributed by atoms with Gasteiger partial charge in [-0.25, -0.2) is 4.79 Å². The van der Waals surface area contributed by atoms with Crippen LogP contribution in [0, 0.1) is 0 Å². The van der Waals surface area contributed by atoms with Crippen LogP contribution in [-0.2, 0) is 0 Å². The standard InChI is InChI=1S/C13H17Cl2N3O/c1-17-3-2-4-18(6-5-17)13(19)16-12-8-10(14)7-11(15)9-12/h7-9H,2-6H2,1H3,(H,16,19). The Morgan fingerprint density at radius 2 is 1.79 bits per heavy atom. The Kier molecular flexibility index (Phi) is 4.91. The summed E-state index contributed by atoms with van der Waals surface area (Å²) in [6.45, 7) is 3.41. The maximum absolute atomic E-state index is 12.2. The Morgan fingerprint density at radius 1 is 1.11 bits per heavy atom. The maximum atomic E-state index is 12.2. The number of benzene rings is 1. The first kappa shape index (κ1) is 14.4. The molecule has 0 aromatic heterocycles. The lowest BCUT2D eigenvalue weighted by Crippen LogP contribution is -2.37. The van der Waals surface area contributed by atoms with Gasteiger partial charge < -0.3 is 15.1 Å². The van der Waals surface area contributed by atoms with Gasteiger partial charge in [-0.1, -0.05) is 23.2 Å². The van der Waals surface area contributed by atoms with Gasteiger partial charge in [-0.05, 0) is 38.2 Å². The third-order valence-corrected chi connectivity index (χ3v) is 3.56. The topological polar surface area (TPSA) is 35.6 Å². The number of urea groups is 1. The predicted molar refractivity (Wildman–Crippen MR) is 79.2 cm³/mol. The van der Waals surface area contributed by atoms with Crippen LogP contribution in [0.4, 0.5) is 10.5 Å². The van der Waals surface area contributed by atoms with Gasteiger partial charge in [0.1, 0.15) is 0 Å². The van der Waals surface area contributed by atoms with Crippen molar-refractivity contribution < 1.29 is 4.79 Å². The summed E-state index contributed by atoms with van der Waals surface area (Å²) in [6, 6.07) is 4.91. The first-order valence-corrected chi connectivity index (χ1v) is 7.01. The Labute approximate surface area is 123 Å². The number of nitrogens with zero attached hydrogens (tertiary/aromatic N) is 2. The van der Waals surface area contributed by atoms with Crippen molar-refractivity contribution in [2.45, 2.75) is 6.42 Å². The third-order valence-electron chi connectivity index (χ3n) is 3.12. The highest BCUT2D eigenvalue weighted by Crippen LogP contribution is 2.22. The molecule has 104 valence electrons. The molecule has 1 aliphatic heterocycles. The lowest BCUT2D eigenvalue weighted by atomic mass is 10.3. The number of carbonyl (C=O) groups excluding carboxylic acids is 1. The second kappa shape index (κ2) is 6.46. The number of carbonyl (C=O) groups is 1. The summed E-state index contributed by atoms with van der Waals surface area (Å²) >= 11 is 11.8. The first-order chi connectivity index (χ1) is 9.04. The second-order valence-electron chi connectivity index (χ2n) is 4.73. The number of anilines is 1. The Morgan fingerprint density at radius 3 is 2.47 bits per heavy atom. The van der Waals surface area contributed by atoms with Gasteiger partial charge in [-0.15, -0.1) is 0 Å². The summed E-state index contributed by atoms with van der Waals surface area (Å²) in [5.41, 5.74) is 0.625. The first-order valence-electron chi connectivity index (χ1n) is 6.25. The molecule has 4 nitrogen and oxygen atoms in total. The Balaban J connectivity index is 2.00. The number of halogens is 2. The highest BCUT2D eigenvalue weighted by atomic mass is 35.5. The minimum atomic E-state index is -0.103. The molecule has 0 bridgehead atoms. The largest absolute Gasteiger partial charge is 0.323 e. The molecule has 6 heteroatoms. The molecule has 1 N–H and O–H groups in total. The third kappa shape index (κ3) is 4.27. The van der Waals surface area contributed by atoms with Crippen LogP contribution in [0.25, 0.3) is 0 Å². The van der Waals surface area contributed by atoms with Crippen molar-refractivity contribution in [2.24, 2.45) is 0 Å². The number of hydrogen-bond donors (Lipinski definition) is 1. The Bertz CT molecular complexity index is 447. The van der Waals surface area contributed by atoms with Crippen LogP contribution in [0.5, 0.6) is 0 Å². The van der Waals surface area contributed by atoms with Gasteiger partial charge in [-0.2, -0.15) is 0 Å². The van der Waals surface area contributed by atoms with Gasteiger partial charge in [0.05, 0.1) is 0 Å². The Hall–Kier alpha value is -0.970. The molecule has 0 spiro atoms. The maximum Gasteiger partial charge on any atom is 0.321 e. The quantitative estimate of drug-likeness (QED) is 0.865. The summed E-state index contributed by atoms with van der Waals surface area (Å²) in [7, 11) is 2.07. The molecule has 1 aliphatic rings. The molecule has 0 radical (unpaired) electrons. The van der Waals surface area contributed by atoms with Crippen molar-refractivity contribution in [2.75, 3.05) is 38.5 Å². The number of amides is 2. The lowest BCUT2D eigenvalue weighted by molar-refractivity contribution is 0.213. The molecule has 2 rings (SSSR count). The number of likely N-dealkylation sites (N-methyl/N-ethyl adjacent to an activating group) is 1. The molecular formula is C13H17Cl2N3O. The number of nitrogens with one attached hydrogen (secondary N) is 1. The zero-order valence-corrected chi connectivity index (χ0v) is 12.3. The van der Waals surface area contributed by atoms with Crippen LogP contribution in [0.15, 0.2) is 18.2 Å². The minimum Gasteiger partial charge on any atom is -0.323 e. The molecule has 1 aromatic carbocycles. The van der Waals surface area contributed by atoms with E-state index in [-0.39, 0.29) is 6.03 Å². The second-order valence-corrected chi connectivity index (χ2v) is 5.61. The van der Waals surface area contributed by atoms with Gasteiger partial charge >= 0.3 is 6.03 Å². The van der Waals surface area contributed by atoms with Crippen molar-refractivity contribution in [3.05, 3.63) is 28.2 Å². The zero-order chi connectivity index (χ0) is 13.8. The molecule has 0 aliphatic carbocycles. The van der Waals surface area contributed by atoms with Gasteiger partial charge in [0.15, 0.2) is 0 Å². The van der Waals surface area contributed by atoms with E-state index >= 15 is 0 Å². The minimum absolute atomic E-state index is 0.103. The average molecular weight is 302 g/mol. The van der Waals surface area contributed by atoms with Crippen LogP contribution < -0.4 is 5.32 Å². The molecule has 0 saturated carbocycles. The van der Waals surface area contributed by atoms with Crippen molar-refractivity contribution in [1.82, 2.24) is 9.80 Å². The fraction of sp³-hybridized carbons (Fsp3) is 0.462. The molecule has 1 saturated heterocycles. The van der Waals surface area contributed by atoms with E-state index in [1.165, 1.54) is 0 Å². The van der Waals surface area contributed by atoms with Crippen LogP contribution in [0.2, 0.25) is 10.0 Å². The van der Waals surface area contributed by atoms with Crippen LogP contribution >= 0.6 is 23.2 Å². The fourth-order valence-electron chi connectivity index (χ4n) is 2.08. The summed E-state index contributed by atoms with van der Waals surface area (Å²) < 4.78 is 0. The summed E-state index contributed by atoms with van der Waals surface area (Å²) in [5, 5.41) is 3.86. The van der Waals surface area contributed by atoms with E-state index < -0.39 is 0 Å². The van der Waals surface area contributed by atoms with Crippen molar-refractivity contribution in [3.8, 4) is 0 Å². The van der Waals surface area contributed by atoms with E-state index in [9.17, 15) is 4.79 Å². The van der Waals surface area contributed by atoms with Crippen molar-refractivity contribution in [1.29, 1.82) is 0 Å². The molecule has 0 unspecified atom stereocenters.